The van der Waals surface area contributed by atoms with Crippen LogP contribution in [-0.2, 0) is 6.54 Å². The highest BCUT2D eigenvalue weighted by Crippen LogP contribution is 2.42. The molecule has 0 spiro atoms. The summed E-state index contributed by atoms with van der Waals surface area (Å²) in [5.41, 5.74) is 3.08. The van der Waals surface area contributed by atoms with E-state index < -0.39 is 0 Å². The highest BCUT2D eigenvalue weighted by molar-refractivity contribution is 5.27. The van der Waals surface area contributed by atoms with Crippen LogP contribution in [0.15, 0.2) is 24.3 Å². The van der Waals surface area contributed by atoms with Gasteiger partial charge in [-0.3, -0.25) is 4.90 Å². The topological polar surface area (TPSA) is 6.48 Å². The standard InChI is InChI=1S/C22H34N2/c1-18-6-2-3-13-24(18)17-20-14-22(15-20)21-9-7-19(8-10-21)16-23-11-4-5-12-23/h7-10,18,20,22H,2-6,11-17H2,1H3. The predicted octanol–water partition coefficient (Wildman–Crippen LogP) is 4.65. The van der Waals surface area contributed by atoms with E-state index in [1.807, 2.05) is 0 Å². The molecule has 2 heterocycles. The van der Waals surface area contributed by atoms with Gasteiger partial charge >= 0.3 is 0 Å². The summed E-state index contributed by atoms with van der Waals surface area (Å²) in [6, 6.07) is 10.4. The molecule has 2 nitrogen and oxygen atoms in total. The van der Waals surface area contributed by atoms with Crippen molar-refractivity contribution in [2.24, 2.45) is 5.92 Å². The molecular weight excluding hydrogens is 292 g/mol. The van der Waals surface area contributed by atoms with Crippen LogP contribution in [0.25, 0.3) is 0 Å². The zero-order valence-electron chi connectivity index (χ0n) is 15.4. The summed E-state index contributed by atoms with van der Waals surface area (Å²) in [7, 11) is 0. The molecule has 132 valence electrons. The Bertz CT molecular complexity index is 511. The smallest absolute Gasteiger partial charge is 0.0233 e. The first-order valence-electron chi connectivity index (χ1n) is 10.3. The van der Waals surface area contributed by atoms with E-state index in [-0.39, 0.29) is 0 Å². The third kappa shape index (κ3) is 3.86. The van der Waals surface area contributed by atoms with E-state index in [2.05, 4.69) is 41.0 Å². The Morgan fingerprint density at radius 3 is 2.33 bits per heavy atom. The Morgan fingerprint density at radius 1 is 0.917 bits per heavy atom. The first-order chi connectivity index (χ1) is 11.8. The molecular formula is C22H34N2. The van der Waals surface area contributed by atoms with Gasteiger partial charge < -0.3 is 4.90 Å². The molecule has 0 bridgehead atoms. The van der Waals surface area contributed by atoms with Crippen LogP contribution in [0.3, 0.4) is 0 Å². The zero-order valence-corrected chi connectivity index (χ0v) is 15.4. The third-order valence-corrected chi connectivity index (χ3v) is 6.72. The molecule has 1 atom stereocenters. The Morgan fingerprint density at radius 2 is 1.62 bits per heavy atom. The molecule has 2 saturated heterocycles. The van der Waals surface area contributed by atoms with Crippen LogP contribution < -0.4 is 0 Å². The van der Waals surface area contributed by atoms with Crippen molar-refractivity contribution in [1.82, 2.24) is 9.80 Å². The Balaban J connectivity index is 1.24. The fraction of sp³-hybridized carbons (Fsp3) is 0.727. The zero-order chi connectivity index (χ0) is 16.4. The molecule has 1 saturated carbocycles. The molecule has 0 N–H and O–H groups in total. The summed E-state index contributed by atoms with van der Waals surface area (Å²) in [5.74, 6) is 1.77. The predicted molar refractivity (Wildman–Crippen MR) is 101 cm³/mol. The Hall–Kier alpha value is -0.860. The summed E-state index contributed by atoms with van der Waals surface area (Å²) >= 11 is 0. The number of benzene rings is 1. The van der Waals surface area contributed by atoms with E-state index in [1.165, 1.54) is 76.7 Å². The summed E-state index contributed by atoms with van der Waals surface area (Å²) in [6.07, 6.45) is 9.86. The summed E-state index contributed by atoms with van der Waals surface area (Å²) in [4.78, 5) is 5.34. The van der Waals surface area contributed by atoms with E-state index in [4.69, 9.17) is 0 Å². The summed E-state index contributed by atoms with van der Waals surface area (Å²) < 4.78 is 0. The van der Waals surface area contributed by atoms with E-state index in [0.717, 1.165) is 24.4 Å². The van der Waals surface area contributed by atoms with Crippen LogP contribution >= 0.6 is 0 Å². The number of hydrogen-bond acceptors (Lipinski definition) is 2. The van der Waals surface area contributed by atoms with Crippen LogP contribution in [0.4, 0.5) is 0 Å². The van der Waals surface area contributed by atoms with Crippen LogP contribution in [0.2, 0.25) is 0 Å². The van der Waals surface area contributed by atoms with Crippen molar-refractivity contribution in [3.63, 3.8) is 0 Å². The number of likely N-dealkylation sites (tertiary alicyclic amines) is 2. The first-order valence-corrected chi connectivity index (χ1v) is 10.3. The van der Waals surface area contributed by atoms with Crippen LogP contribution in [0.1, 0.15) is 68.9 Å². The molecule has 1 aromatic carbocycles. The molecule has 2 aliphatic heterocycles. The van der Waals surface area contributed by atoms with Gasteiger partial charge in [-0.1, -0.05) is 30.7 Å². The van der Waals surface area contributed by atoms with Gasteiger partial charge in [-0.25, -0.2) is 0 Å². The van der Waals surface area contributed by atoms with Crippen molar-refractivity contribution in [1.29, 1.82) is 0 Å². The molecule has 2 heteroatoms. The van der Waals surface area contributed by atoms with Crippen LogP contribution in [0.5, 0.6) is 0 Å². The first kappa shape index (κ1) is 16.6. The van der Waals surface area contributed by atoms with Gasteiger partial charge in [0.25, 0.3) is 0 Å². The maximum atomic E-state index is 2.75. The maximum Gasteiger partial charge on any atom is 0.0233 e. The maximum absolute atomic E-state index is 2.75. The lowest BCUT2D eigenvalue weighted by Crippen LogP contribution is -2.43. The SMILES string of the molecule is CC1CCCCN1CC1CC(c2ccc(CN3CCCC3)cc2)C1. The second-order valence-corrected chi connectivity index (χ2v) is 8.60. The molecule has 3 aliphatic rings. The number of hydrogen-bond donors (Lipinski definition) is 0. The minimum absolute atomic E-state index is 0.822. The van der Waals surface area contributed by atoms with Crippen molar-refractivity contribution in [2.45, 2.75) is 70.4 Å². The quantitative estimate of drug-likeness (QED) is 0.777. The van der Waals surface area contributed by atoms with Crippen molar-refractivity contribution in [3.8, 4) is 0 Å². The number of piperidine rings is 1. The minimum Gasteiger partial charge on any atom is -0.300 e. The lowest BCUT2D eigenvalue weighted by Gasteiger charge is -2.42. The van der Waals surface area contributed by atoms with E-state index in [0.29, 0.717) is 0 Å². The summed E-state index contributed by atoms with van der Waals surface area (Å²) in [5, 5.41) is 0. The van der Waals surface area contributed by atoms with Gasteiger partial charge in [0.05, 0.1) is 0 Å². The minimum atomic E-state index is 0.822. The van der Waals surface area contributed by atoms with Crippen molar-refractivity contribution in [2.75, 3.05) is 26.2 Å². The average molecular weight is 327 g/mol. The van der Waals surface area contributed by atoms with Gasteiger partial charge in [0.2, 0.25) is 0 Å². The van der Waals surface area contributed by atoms with Crippen LogP contribution in [-0.4, -0.2) is 42.0 Å². The molecule has 3 fully saturated rings. The lowest BCUT2D eigenvalue weighted by atomic mass is 9.71. The van der Waals surface area contributed by atoms with Crippen molar-refractivity contribution in [3.05, 3.63) is 35.4 Å². The second-order valence-electron chi connectivity index (χ2n) is 8.60. The molecule has 1 unspecified atom stereocenters. The van der Waals surface area contributed by atoms with Crippen LogP contribution in [0, 0.1) is 5.92 Å². The summed E-state index contributed by atoms with van der Waals surface area (Å²) in [6.45, 7) is 8.86. The van der Waals surface area contributed by atoms with Crippen molar-refractivity contribution >= 4 is 0 Å². The highest BCUT2D eigenvalue weighted by Gasteiger charge is 2.32. The fourth-order valence-corrected chi connectivity index (χ4v) is 5.01. The molecule has 1 aromatic rings. The lowest BCUT2D eigenvalue weighted by molar-refractivity contribution is 0.100. The largest absolute Gasteiger partial charge is 0.300 e. The van der Waals surface area contributed by atoms with Gasteiger partial charge in [0.1, 0.15) is 0 Å². The monoisotopic (exact) mass is 326 g/mol. The average Bonchev–Trinajstić information content (AvgIpc) is 3.06. The van der Waals surface area contributed by atoms with Gasteiger partial charge in [-0.2, -0.15) is 0 Å². The molecule has 0 aromatic heterocycles. The third-order valence-electron chi connectivity index (χ3n) is 6.72. The normalized spacial score (nSPS) is 32.0. The number of nitrogens with zero attached hydrogens (tertiary/aromatic N) is 2. The van der Waals surface area contributed by atoms with Gasteiger partial charge in [-0.05, 0) is 88.0 Å². The Labute approximate surface area is 148 Å². The van der Waals surface area contributed by atoms with Crippen molar-refractivity contribution < 1.29 is 0 Å². The van der Waals surface area contributed by atoms with E-state index in [1.54, 1.807) is 5.56 Å². The van der Waals surface area contributed by atoms with Gasteiger partial charge in [0.15, 0.2) is 0 Å². The van der Waals surface area contributed by atoms with E-state index in [9.17, 15) is 0 Å². The van der Waals surface area contributed by atoms with Gasteiger partial charge in [-0.15, -0.1) is 0 Å². The number of rotatable bonds is 5. The second kappa shape index (κ2) is 7.58. The molecule has 1 aliphatic carbocycles. The molecule has 0 amide bonds. The molecule has 0 radical (unpaired) electrons. The Kier molecular flexibility index (Phi) is 5.24. The molecule has 4 rings (SSSR count). The highest BCUT2D eigenvalue weighted by atomic mass is 15.2. The van der Waals surface area contributed by atoms with E-state index >= 15 is 0 Å². The molecule has 24 heavy (non-hydrogen) atoms. The fourth-order valence-electron chi connectivity index (χ4n) is 5.01. The van der Waals surface area contributed by atoms with Gasteiger partial charge in [0, 0.05) is 19.1 Å².